The zero-order valence-corrected chi connectivity index (χ0v) is 11.8. The Bertz CT molecular complexity index is 547. The molecule has 0 aromatic heterocycles. The predicted octanol–water partition coefficient (Wildman–Crippen LogP) is 2.70. The summed E-state index contributed by atoms with van der Waals surface area (Å²) in [6.45, 7) is 4.94. The molecule has 2 heterocycles. The molecule has 1 fully saturated rings. The van der Waals surface area contributed by atoms with E-state index in [1.165, 1.54) is 0 Å². The van der Waals surface area contributed by atoms with E-state index in [2.05, 4.69) is 0 Å². The molecule has 19 heavy (non-hydrogen) atoms. The maximum absolute atomic E-state index is 11.4. The van der Waals surface area contributed by atoms with Gasteiger partial charge in [-0.2, -0.15) is 0 Å². The van der Waals surface area contributed by atoms with Crippen LogP contribution in [-0.4, -0.2) is 30.0 Å². The molecule has 0 aliphatic carbocycles. The number of hydrogen-bond donors (Lipinski definition) is 1. The fourth-order valence-electron chi connectivity index (χ4n) is 2.92. The quantitative estimate of drug-likeness (QED) is 0.857. The minimum absolute atomic E-state index is 0.345. The lowest BCUT2D eigenvalue weighted by Crippen LogP contribution is -2.33. The van der Waals surface area contributed by atoms with Crippen molar-refractivity contribution in [2.75, 3.05) is 19.0 Å². The van der Waals surface area contributed by atoms with Gasteiger partial charge in [-0.25, -0.2) is 4.79 Å². The average Bonchev–Trinajstić information content (AvgIpc) is 2.82. The van der Waals surface area contributed by atoms with Crippen molar-refractivity contribution in [2.24, 2.45) is 0 Å². The van der Waals surface area contributed by atoms with Crippen LogP contribution in [0.25, 0.3) is 0 Å². The molecule has 2 aliphatic rings. The largest absolute Gasteiger partial charge is 0.478 e. The van der Waals surface area contributed by atoms with Crippen LogP contribution in [0.4, 0.5) is 0 Å². The molecule has 1 spiro atoms. The van der Waals surface area contributed by atoms with E-state index in [1.807, 2.05) is 13.8 Å². The number of carbonyl (C=O) groups is 1. The molecule has 1 aromatic carbocycles. The first-order valence-corrected chi connectivity index (χ1v) is 7.32. The van der Waals surface area contributed by atoms with Crippen LogP contribution in [0.3, 0.4) is 0 Å². The maximum Gasteiger partial charge on any atom is 0.335 e. The minimum atomic E-state index is -0.896. The highest BCUT2D eigenvalue weighted by molar-refractivity contribution is 7.99. The SMILES string of the molecule is Cc1cc(C(=O)O)c(C)c2c1SCCC21OCCO1. The Labute approximate surface area is 116 Å². The van der Waals surface area contributed by atoms with Crippen molar-refractivity contribution in [3.8, 4) is 0 Å². The first-order valence-electron chi connectivity index (χ1n) is 6.34. The second kappa shape index (κ2) is 4.51. The van der Waals surface area contributed by atoms with Gasteiger partial charge < -0.3 is 14.6 Å². The van der Waals surface area contributed by atoms with Crippen LogP contribution in [-0.2, 0) is 15.3 Å². The van der Waals surface area contributed by atoms with E-state index in [1.54, 1.807) is 17.8 Å². The van der Waals surface area contributed by atoms with Gasteiger partial charge in [0.1, 0.15) is 0 Å². The average molecular weight is 280 g/mol. The van der Waals surface area contributed by atoms with Crippen LogP contribution in [0.2, 0.25) is 0 Å². The molecular formula is C14H16O4S. The lowest BCUT2D eigenvalue weighted by Gasteiger charge is -2.36. The second-order valence-electron chi connectivity index (χ2n) is 4.92. The molecular weight excluding hydrogens is 264 g/mol. The Balaban J connectivity index is 2.27. The van der Waals surface area contributed by atoms with Crippen LogP contribution in [0.15, 0.2) is 11.0 Å². The zero-order valence-electron chi connectivity index (χ0n) is 11.0. The minimum Gasteiger partial charge on any atom is -0.478 e. The van der Waals surface area contributed by atoms with E-state index in [4.69, 9.17) is 9.47 Å². The Morgan fingerprint density at radius 3 is 2.68 bits per heavy atom. The summed E-state index contributed by atoms with van der Waals surface area (Å²) >= 11 is 1.76. The van der Waals surface area contributed by atoms with Crippen LogP contribution >= 0.6 is 11.8 Å². The van der Waals surface area contributed by atoms with Gasteiger partial charge in [0.05, 0.1) is 18.8 Å². The summed E-state index contributed by atoms with van der Waals surface area (Å²) in [6, 6.07) is 1.75. The van der Waals surface area contributed by atoms with E-state index in [9.17, 15) is 9.90 Å². The monoisotopic (exact) mass is 280 g/mol. The number of rotatable bonds is 1. The smallest absolute Gasteiger partial charge is 0.335 e. The van der Waals surface area contributed by atoms with Gasteiger partial charge in [0.25, 0.3) is 0 Å². The standard InChI is InChI=1S/C14H16O4S/c1-8-7-10(13(15)16)9(2)11-12(8)19-6-3-14(11)17-4-5-18-14/h7H,3-6H2,1-2H3,(H,15,16). The third-order valence-electron chi connectivity index (χ3n) is 3.77. The molecule has 0 atom stereocenters. The summed E-state index contributed by atoms with van der Waals surface area (Å²) in [4.78, 5) is 12.5. The van der Waals surface area contributed by atoms with Crippen molar-refractivity contribution in [2.45, 2.75) is 31.0 Å². The highest BCUT2D eigenvalue weighted by Crippen LogP contribution is 2.48. The summed E-state index contributed by atoms with van der Waals surface area (Å²) in [5, 5.41) is 9.33. The fraction of sp³-hybridized carbons (Fsp3) is 0.500. The summed E-state index contributed by atoms with van der Waals surface area (Å²) in [5.41, 5.74) is 3.03. The molecule has 1 aromatic rings. The molecule has 1 saturated heterocycles. The molecule has 4 nitrogen and oxygen atoms in total. The number of ether oxygens (including phenoxy) is 2. The maximum atomic E-state index is 11.4. The highest BCUT2D eigenvalue weighted by atomic mass is 32.2. The van der Waals surface area contributed by atoms with Gasteiger partial charge in [0.15, 0.2) is 5.79 Å². The Kier molecular flexibility index (Phi) is 3.08. The highest BCUT2D eigenvalue weighted by Gasteiger charge is 2.44. The van der Waals surface area contributed by atoms with Crippen molar-refractivity contribution >= 4 is 17.7 Å². The van der Waals surface area contributed by atoms with Gasteiger partial charge in [-0.05, 0) is 31.0 Å². The Morgan fingerprint density at radius 1 is 1.37 bits per heavy atom. The molecule has 2 aliphatic heterocycles. The van der Waals surface area contributed by atoms with Crippen LogP contribution in [0, 0.1) is 13.8 Å². The third kappa shape index (κ3) is 1.88. The van der Waals surface area contributed by atoms with Crippen molar-refractivity contribution < 1.29 is 19.4 Å². The van der Waals surface area contributed by atoms with Gasteiger partial charge in [-0.3, -0.25) is 0 Å². The summed E-state index contributed by atoms with van der Waals surface area (Å²) in [6.07, 6.45) is 0.772. The Hall–Kier alpha value is -1.04. The van der Waals surface area contributed by atoms with Crippen LogP contribution in [0.1, 0.15) is 33.5 Å². The summed E-state index contributed by atoms with van der Waals surface area (Å²) in [5.74, 6) is -0.687. The van der Waals surface area contributed by atoms with E-state index in [-0.39, 0.29) is 0 Å². The lowest BCUT2D eigenvalue weighted by atomic mass is 9.91. The van der Waals surface area contributed by atoms with Gasteiger partial charge in [-0.15, -0.1) is 11.8 Å². The number of aryl methyl sites for hydroxylation is 1. The number of aromatic carboxylic acids is 1. The van der Waals surface area contributed by atoms with Crippen molar-refractivity contribution in [3.05, 3.63) is 28.3 Å². The molecule has 1 N–H and O–H groups in total. The molecule has 3 rings (SSSR count). The number of carboxylic acids is 1. The number of benzene rings is 1. The van der Waals surface area contributed by atoms with Crippen molar-refractivity contribution in [3.63, 3.8) is 0 Å². The van der Waals surface area contributed by atoms with Crippen molar-refractivity contribution in [1.29, 1.82) is 0 Å². The second-order valence-corrected chi connectivity index (χ2v) is 6.03. The van der Waals surface area contributed by atoms with Gasteiger partial charge in [-0.1, -0.05) is 0 Å². The molecule has 102 valence electrons. The first kappa shape index (κ1) is 13.0. The van der Waals surface area contributed by atoms with E-state index < -0.39 is 11.8 Å². The van der Waals surface area contributed by atoms with Gasteiger partial charge >= 0.3 is 5.97 Å². The zero-order chi connectivity index (χ0) is 13.6. The van der Waals surface area contributed by atoms with Crippen LogP contribution < -0.4 is 0 Å². The number of fused-ring (bicyclic) bond motifs is 2. The normalized spacial score (nSPS) is 20.5. The predicted molar refractivity (Wildman–Crippen MR) is 71.8 cm³/mol. The third-order valence-corrected chi connectivity index (χ3v) is 4.99. The number of thioether (sulfide) groups is 1. The first-order chi connectivity index (χ1) is 9.05. The molecule has 0 amide bonds. The summed E-state index contributed by atoms with van der Waals surface area (Å²) in [7, 11) is 0. The molecule has 0 radical (unpaired) electrons. The topological polar surface area (TPSA) is 55.8 Å². The van der Waals surface area contributed by atoms with E-state index >= 15 is 0 Å². The molecule has 0 saturated carbocycles. The van der Waals surface area contributed by atoms with E-state index in [0.29, 0.717) is 18.8 Å². The van der Waals surface area contributed by atoms with Gasteiger partial charge in [0.2, 0.25) is 0 Å². The number of carboxylic acid groups (broad SMARTS) is 1. The molecule has 0 bridgehead atoms. The van der Waals surface area contributed by atoms with Crippen LogP contribution in [0.5, 0.6) is 0 Å². The molecule has 5 heteroatoms. The molecule has 0 unspecified atom stereocenters. The van der Waals surface area contributed by atoms with Gasteiger partial charge in [0, 0.05) is 22.6 Å². The number of hydrogen-bond acceptors (Lipinski definition) is 4. The summed E-state index contributed by atoms with van der Waals surface area (Å²) < 4.78 is 11.7. The fourth-order valence-corrected chi connectivity index (χ4v) is 4.23. The van der Waals surface area contributed by atoms with Crippen molar-refractivity contribution in [1.82, 2.24) is 0 Å². The Morgan fingerprint density at radius 2 is 2.05 bits per heavy atom. The lowest BCUT2D eigenvalue weighted by molar-refractivity contribution is -0.170. The van der Waals surface area contributed by atoms with E-state index in [0.717, 1.165) is 33.8 Å².